The van der Waals surface area contributed by atoms with Gasteiger partial charge in [0.2, 0.25) is 0 Å². The normalized spacial score (nSPS) is 10.7. The molecule has 7 nitrogen and oxygen atoms in total. The number of aryl methyl sites for hydroxylation is 1. The molecule has 3 rings (SSSR count). The molecule has 2 aromatic heterocycles. The average Bonchev–Trinajstić information content (AvgIpc) is 3.15. The van der Waals surface area contributed by atoms with Crippen LogP contribution in [0.5, 0.6) is 5.75 Å². The maximum atomic E-state index is 11.2. The largest absolute Gasteiger partial charge is 0.496 e. The van der Waals surface area contributed by atoms with Crippen molar-refractivity contribution >= 4 is 23.0 Å². The second-order valence-electron chi connectivity index (χ2n) is 4.79. The van der Waals surface area contributed by atoms with E-state index in [0.717, 1.165) is 10.6 Å². The lowest BCUT2D eigenvalue weighted by Crippen LogP contribution is -2.01. The zero-order valence-electron chi connectivity index (χ0n) is 12.5. The molecular weight excluding hydrogens is 316 g/mol. The minimum absolute atomic E-state index is 0.106. The molecule has 0 unspecified atom stereocenters. The molecule has 0 saturated carbocycles. The monoisotopic (exact) mass is 330 g/mol. The lowest BCUT2D eigenvalue weighted by atomic mass is 10.0. The number of hydrogen-bond donors (Lipinski definition) is 2. The van der Waals surface area contributed by atoms with Crippen LogP contribution in [0.3, 0.4) is 0 Å². The number of methoxy groups -OCH3 is 1. The lowest BCUT2D eigenvalue weighted by molar-refractivity contribution is 0.0690. The first-order valence-electron chi connectivity index (χ1n) is 6.67. The number of ether oxygens (including phenoxy) is 1. The summed E-state index contributed by atoms with van der Waals surface area (Å²) in [6, 6.07) is 5.57. The van der Waals surface area contributed by atoms with Gasteiger partial charge in [-0.1, -0.05) is 0 Å². The van der Waals surface area contributed by atoms with Crippen LogP contribution < -0.4 is 10.5 Å². The number of carboxylic acids is 1. The molecule has 0 bridgehead atoms. The number of aromatic carboxylic acids is 1. The van der Waals surface area contributed by atoms with Crippen molar-refractivity contribution < 1.29 is 14.6 Å². The van der Waals surface area contributed by atoms with Crippen LogP contribution in [0.4, 0.5) is 5.69 Å². The number of aromatic nitrogens is 3. The van der Waals surface area contributed by atoms with Crippen LogP contribution in [0.15, 0.2) is 29.8 Å². The fourth-order valence-corrected chi connectivity index (χ4v) is 3.05. The standard InChI is InChI=1S/C15H14N4O3S/c1-19-13(11(16)12(18-19)15(20)21)9-7-8(3-4-10(9)22-2)14-17-5-6-23-14/h3-7H,16H2,1-2H3,(H,20,21). The number of benzene rings is 1. The van der Waals surface area contributed by atoms with E-state index in [1.165, 1.54) is 16.0 Å². The third-order valence-corrected chi connectivity index (χ3v) is 4.24. The number of hydrogen-bond acceptors (Lipinski definition) is 6. The van der Waals surface area contributed by atoms with E-state index in [9.17, 15) is 9.90 Å². The van der Waals surface area contributed by atoms with Crippen molar-refractivity contribution in [1.29, 1.82) is 0 Å². The molecule has 3 aromatic rings. The molecule has 3 N–H and O–H groups in total. The van der Waals surface area contributed by atoms with E-state index in [0.29, 0.717) is 17.0 Å². The SMILES string of the molecule is COc1ccc(-c2nccs2)cc1-c1c(N)c(C(=O)O)nn1C. The van der Waals surface area contributed by atoms with Gasteiger partial charge >= 0.3 is 5.97 Å². The Balaban J connectivity index is 2.23. The molecule has 0 saturated heterocycles. The molecule has 0 aliphatic rings. The predicted molar refractivity (Wildman–Crippen MR) is 87.7 cm³/mol. The van der Waals surface area contributed by atoms with Crippen LogP contribution >= 0.6 is 11.3 Å². The molecule has 0 aliphatic heterocycles. The number of carboxylic acid groups (broad SMARTS) is 1. The van der Waals surface area contributed by atoms with Crippen molar-refractivity contribution in [2.45, 2.75) is 0 Å². The van der Waals surface area contributed by atoms with E-state index in [1.807, 2.05) is 17.5 Å². The zero-order chi connectivity index (χ0) is 16.6. The molecule has 0 spiro atoms. The second kappa shape index (κ2) is 5.73. The summed E-state index contributed by atoms with van der Waals surface area (Å²) >= 11 is 1.51. The van der Waals surface area contributed by atoms with Crippen molar-refractivity contribution in [1.82, 2.24) is 14.8 Å². The quantitative estimate of drug-likeness (QED) is 0.762. The average molecular weight is 330 g/mol. The van der Waals surface area contributed by atoms with Crippen molar-refractivity contribution in [3.8, 4) is 27.6 Å². The van der Waals surface area contributed by atoms with Crippen LogP contribution in [0, 0.1) is 0 Å². The van der Waals surface area contributed by atoms with Gasteiger partial charge in [-0.3, -0.25) is 4.68 Å². The summed E-state index contributed by atoms with van der Waals surface area (Å²) in [5, 5.41) is 15.9. The highest BCUT2D eigenvalue weighted by Gasteiger charge is 2.22. The first-order chi connectivity index (χ1) is 11.0. The number of carbonyl (C=O) groups is 1. The molecule has 0 aliphatic carbocycles. The van der Waals surface area contributed by atoms with Gasteiger partial charge in [0, 0.05) is 29.8 Å². The molecule has 0 atom stereocenters. The van der Waals surface area contributed by atoms with E-state index >= 15 is 0 Å². The van der Waals surface area contributed by atoms with Crippen LogP contribution in [0.1, 0.15) is 10.5 Å². The van der Waals surface area contributed by atoms with Gasteiger partial charge in [-0.15, -0.1) is 11.3 Å². The molecule has 2 heterocycles. The number of nitrogen functional groups attached to an aromatic ring is 1. The molecule has 0 fully saturated rings. The minimum atomic E-state index is -1.17. The van der Waals surface area contributed by atoms with Gasteiger partial charge in [0.05, 0.1) is 18.5 Å². The number of thiazole rings is 1. The van der Waals surface area contributed by atoms with E-state index in [-0.39, 0.29) is 11.4 Å². The summed E-state index contributed by atoms with van der Waals surface area (Å²) in [7, 11) is 3.19. The Morgan fingerprint density at radius 2 is 2.22 bits per heavy atom. The van der Waals surface area contributed by atoms with Crippen LogP contribution in [-0.2, 0) is 7.05 Å². The zero-order valence-corrected chi connectivity index (χ0v) is 13.3. The highest BCUT2D eigenvalue weighted by atomic mass is 32.1. The van der Waals surface area contributed by atoms with E-state index in [1.54, 1.807) is 26.4 Å². The summed E-state index contributed by atoms with van der Waals surface area (Å²) < 4.78 is 6.84. The van der Waals surface area contributed by atoms with Gasteiger partial charge < -0.3 is 15.6 Å². The van der Waals surface area contributed by atoms with Crippen LogP contribution in [0.25, 0.3) is 21.8 Å². The van der Waals surface area contributed by atoms with E-state index < -0.39 is 5.97 Å². The summed E-state index contributed by atoms with van der Waals surface area (Å²) in [5.41, 5.74) is 7.99. The number of nitrogens with zero attached hydrogens (tertiary/aromatic N) is 3. The van der Waals surface area contributed by atoms with Gasteiger partial charge in [0.25, 0.3) is 0 Å². The maximum absolute atomic E-state index is 11.2. The van der Waals surface area contributed by atoms with Gasteiger partial charge in [-0.25, -0.2) is 9.78 Å². The first kappa shape index (κ1) is 15.0. The van der Waals surface area contributed by atoms with Gasteiger partial charge in [0.15, 0.2) is 5.69 Å². The lowest BCUT2D eigenvalue weighted by Gasteiger charge is -2.11. The van der Waals surface area contributed by atoms with Crippen LogP contribution in [0.2, 0.25) is 0 Å². The van der Waals surface area contributed by atoms with Crippen molar-refractivity contribution in [3.05, 3.63) is 35.5 Å². The Morgan fingerprint density at radius 3 is 2.78 bits per heavy atom. The Kier molecular flexibility index (Phi) is 3.75. The topological polar surface area (TPSA) is 103 Å². The highest BCUT2D eigenvalue weighted by molar-refractivity contribution is 7.13. The Bertz CT molecular complexity index is 871. The third kappa shape index (κ3) is 2.53. The van der Waals surface area contributed by atoms with Crippen molar-refractivity contribution in [3.63, 3.8) is 0 Å². The molecular formula is C15H14N4O3S. The van der Waals surface area contributed by atoms with Gasteiger partial charge in [-0.2, -0.15) is 5.10 Å². The number of nitrogens with two attached hydrogens (primary N) is 1. The molecule has 8 heteroatoms. The Labute approximate surface area is 136 Å². The number of rotatable bonds is 4. The molecule has 1 aromatic carbocycles. The third-order valence-electron chi connectivity index (χ3n) is 3.42. The predicted octanol–water partition coefficient (Wildman–Crippen LogP) is 2.50. The van der Waals surface area contributed by atoms with Crippen LogP contribution in [-0.4, -0.2) is 33.0 Å². The van der Waals surface area contributed by atoms with Crippen molar-refractivity contribution in [2.75, 3.05) is 12.8 Å². The van der Waals surface area contributed by atoms with E-state index in [4.69, 9.17) is 10.5 Å². The van der Waals surface area contributed by atoms with E-state index in [2.05, 4.69) is 10.1 Å². The molecule has 118 valence electrons. The minimum Gasteiger partial charge on any atom is -0.496 e. The maximum Gasteiger partial charge on any atom is 0.358 e. The Morgan fingerprint density at radius 1 is 1.43 bits per heavy atom. The highest BCUT2D eigenvalue weighted by Crippen LogP contribution is 2.38. The fraction of sp³-hybridized carbons (Fsp3) is 0.133. The Hall–Kier alpha value is -2.87. The summed E-state index contributed by atoms with van der Waals surface area (Å²) in [6.07, 6.45) is 1.73. The van der Waals surface area contributed by atoms with Crippen molar-refractivity contribution in [2.24, 2.45) is 7.05 Å². The molecule has 23 heavy (non-hydrogen) atoms. The number of anilines is 1. The second-order valence-corrected chi connectivity index (χ2v) is 5.69. The van der Waals surface area contributed by atoms with Gasteiger partial charge in [-0.05, 0) is 18.2 Å². The summed E-state index contributed by atoms with van der Waals surface area (Å²) in [5.74, 6) is -0.587. The first-order valence-corrected chi connectivity index (χ1v) is 7.55. The smallest absolute Gasteiger partial charge is 0.358 e. The molecule has 0 radical (unpaired) electrons. The van der Waals surface area contributed by atoms with Gasteiger partial charge in [0.1, 0.15) is 10.8 Å². The summed E-state index contributed by atoms with van der Waals surface area (Å²) in [6.45, 7) is 0. The fourth-order valence-electron chi connectivity index (χ4n) is 2.41. The summed E-state index contributed by atoms with van der Waals surface area (Å²) in [4.78, 5) is 15.5. The molecule has 0 amide bonds.